The number of amides is 2. The van der Waals surface area contributed by atoms with Crippen LogP contribution >= 0.6 is 0 Å². The number of aryl methyl sites for hydroxylation is 2. The molecule has 6 nitrogen and oxygen atoms in total. The summed E-state index contributed by atoms with van der Waals surface area (Å²) in [4.78, 5) is 32.0. The minimum absolute atomic E-state index is 0.0612. The molecule has 0 N–H and O–H groups in total. The predicted molar refractivity (Wildman–Crippen MR) is 293 cm³/mol. The van der Waals surface area contributed by atoms with E-state index >= 15 is 0 Å². The van der Waals surface area contributed by atoms with Crippen molar-refractivity contribution in [3.63, 3.8) is 0 Å². The molecule has 0 fully saturated rings. The second-order valence-corrected chi connectivity index (χ2v) is 20.1. The molecule has 5 rings (SSSR count). The van der Waals surface area contributed by atoms with E-state index in [0.29, 0.717) is 22.9 Å². The van der Waals surface area contributed by atoms with Crippen LogP contribution in [0.3, 0.4) is 0 Å². The number of unbranched alkanes of at least 4 members (excludes halogenated alkanes) is 30. The molecule has 0 unspecified atom stereocenters. The van der Waals surface area contributed by atoms with E-state index in [-0.39, 0.29) is 6.67 Å². The third kappa shape index (κ3) is 20.7. The summed E-state index contributed by atoms with van der Waals surface area (Å²) in [7, 11) is 0. The molecule has 378 valence electrons. The zero-order valence-corrected chi connectivity index (χ0v) is 43.5. The minimum Gasteiger partial charge on any atom is -0.410 e. The van der Waals surface area contributed by atoms with Crippen molar-refractivity contribution in [1.29, 1.82) is 0 Å². The molecule has 0 radical (unpaired) electrons. The van der Waals surface area contributed by atoms with Gasteiger partial charge in [0, 0.05) is 11.1 Å². The fraction of sp³-hybridized carbons (Fsp3) is 0.587. The normalized spacial score (nSPS) is 12.1. The van der Waals surface area contributed by atoms with Crippen LogP contribution in [0.4, 0.5) is 21.0 Å². The lowest BCUT2D eigenvalue weighted by molar-refractivity contribution is 0.202. The number of fused-ring (bicyclic) bond motifs is 3. The highest BCUT2D eigenvalue weighted by Gasteiger charge is 2.33. The van der Waals surface area contributed by atoms with Crippen LogP contribution in [0.25, 0.3) is 11.1 Å². The van der Waals surface area contributed by atoms with Crippen LogP contribution in [0.15, 0.2) is 97.1 Å². The molecule has 1 heterocycles. The van der Waals surface area contributed by atoms with Crippen LogP contribution in [-0.4, -0.2) is 18.9 Å². The molecule has 4 aromatic carbocycles. The number of benzene rings is 4. The highest BCUT2D eigenvalue weighted by atomic mass is 16.6. The van der Waals surface area contributed by atoms with Gasteiger partial charge in [0.15, 0.2) is 0 Å². The molecule has 0 atom stereocenters. The number of nitrogens with zero attached hydrogens (tertiary/aromatic N) is 2. The number of hydrogen-bond acceptors (Lipinski definition) is 4. The highest BCUT2D eigenvalue weighted by molar-refractivity contribution is 6.04. The van der Waals surface area contributed by atoms with Gasteiger partial charge in [0.1, 0.15) is 18.2 Å². The monoisotopic (exact) mass is 941 g/mol. The van der Waals surface area contributed by atoms with E-state index in [4.69, 9.17) is 9.47 Å². The minimum atomic E-state index is -0.531. The molecule has 0 bridgehead atoms. The summed E-state index contributed by atoms with van der Waals surface area (Å²) in [5.74, 6) is 1.14. The lowest BCUT2D eigenvalue weighted by Gasteiger charge is -2.28. The Morgan fingerprint density at radius 2 is 0.609 bits per heavy atom. The summed E-state index contributed by atoms with van der Waals surface area (Å²) in [5, 5.41) is 0. The van der Waals surface area contributed by atoms with Crippen molar-refractivity contribution in [2.24, 2.45) is 0 Å². The van der Waals surface area contributed by atoms with Crippen LogP contribution < -0.4 is 19.3 Å². The first-order valence-corrected chi connectivity index (χ1v) is 28.4. The number of para-hydroxylation sites is 4. The first-order valence-electron chi connectivity index (χ1n) is 28.4. The number of rotatable bonds is 36. The molecular weight excluding hydrogens is 849 g/mol. The first kappa shape index (κ1) is 55.3. The average Bonchev–Trinajstić information content (AvgIpc) is 3.52. The Balaban J connectivity index is 1.08. The van der Waals surface area contributed by atoms with Crippen LogP contribution in [-0.2, 0) is 12.8 Å². The average molecular weight is 941 g/mol. The van der Waals surface area contributed by atoms with Crippen LogP contribution in [0.1, 0.15) is 230 Å². The van der Waals surface area contributed by atoms with Crippen molar-refractivity contribution in [2.75, 3.05) is 16.5 Å². The summed E-state index contributed by atoms with van der Waals surface area (Å²) in [6.07, 6.45) is 43.4. The third-order valence-electron chi connectivity index (χ3n) is 14.3. The maximum Gasteiger partial charge on any atom is 0.421 e. The fourth-order valence-corrected chi connectivity index (χ4v) is 10.1. The fourth-order valence-electron chi connectivity index (χ4n) is 10.1. The van der Waals surface area contributed by atoms with Crippen molar-refractivity contribution in [2.45, 2.75) is 232 Å². The molecule has 2 amide bonds. The molecule has 6 heteroatoms. The van der Waals surface area contributed by atoms with E-state index in [0.717, 1.165) is 60.8 Å². The highest BCUT2D eigenvalue weighted by Crippen LogP contribution is 2.41. The van der Waals surface area contributed by atoms with Crippen molar-refractivity contribution in [3.05, 3.63) is 108 Å². The summed E-state index contributed by atoms with van der Waals surface area (Å²) < 4.78 is 12.5. The van der Waals surface area contributed by atoms with Crippen molar-refractivity contribution < 1.29 is 19.1 Å². The zero-order valence-electron chi connectivity index (χ0n) is 43.5. The van der Waals surface area contributed by atoms with E-state index in [1.165, 1.54) is 180 Å². The predicted octanol–water partition coefficient (Wildman–Crippen LogP) is 19.9. The van der Waals surface area contributed by atoms with E-state index in [1.807, 2.05) is 84.9 Å². The van der Waals surface area contributed by atoms with Gasteiger partial charge in [-0.05, 0) is 61.1 Å². The second kappa shape index (κ2) is 34.7. The van der Waals surface area contributed by atoms with Crippen LogP contribution in [0, 0.1) is 0 Å². The second-order valence-electron chi connectivity index (χ2n) is 20.1. The lowest BCUT2D eigenvalue weighted by Crippen LogP contribution is -2.46. The molecule has 0 spiro atoms. The molecule has 1 aliphatic heterocycles. The quantitative estimate of drug-likeness (QED) is 0.0426. The van der Waals surface area contributed by atoms with Crippen molar-refractivity contribution in [3.8, 4) is 22.6 Å². The summed E-state index contributed by atoms with van der Waals surface area (Å²) in [5.41, 5.74) is 5.13. The zero-order chi connectivity index (χ0) is 48.4. The van der Waals surface area contributed by atoms with Gasteiger partial charge in [-0.25, -0.2) is 9.59 Å². The number of carbonyl (C=O) groups is 2. The summed E-state index contributed by atoms with van der Waals surface area (Å²) in [6, 6.07) is 31.5. The molecular formula is C63H92N2O4. The lowest BCUT2D eigenvalue weighted by atomic mass is 10.0. The Hall–Kier alpha value is -4.58. The molecule has 1 aliphatic rings. The molecule has 0 saturated carbocycles. The first-order chi connectivity index (χ1) is 34.1. The van der Waals surface area contributed by atoms with E-state index in [9.17, 15) is 9.59 Å². The van der Waals surface area contributed by atoms with Crippen LogP contribution in [0.5, 0.6) is 11.5 Å². The summed E-state index contributed by atoms with van der Waals surface area (Å²) >= 11 is 0. The largest absolute Gasteiger partial charge is 0.421 e. The van der Waals surface area contributed by atoms with Gasteiger partial charge in [-0.15, -0.1) is 0 Å². The Labute approximate surface area is 420 Å². The molecule has 4 aromatic rings. The van der Waals surface area contributed by atoms with Crippen molar-refractivity contribution in [1.82, 2.24) is 0 Å². The topological polar surface area (TPSA) is 59.1 Å². The van der Waals surface area contributed by atoms with Gasteiger partial charge in [0.25, 0.3) is 0 Å². The van der Waals surface area contributed by atoms with Gasteiger partial charge in [0.2, 0.25) is 0 Å². The van der Waals surface area contributed by atoms with E-state index < -0.39 is 12.2 Å². The van der Waals surface area contributed by atoms with Gasteiger partial charge < -0.3 is 9.47 Å². The molecule has 69 heavy (non-hydrogen) atoms. The Morgan fingerprint density at radius 3 is 0.928 bits per heavy atom. The Bertz CT molecular complexity index is 1850. The SMILES string of the molecule is CCCCCCCCCCCCCCCCCCc1ccccc1OC(=O)N1CN(C(=O)Oc2ccccc2CCCCCCCCCCCCCCCCCC)c2ccccc2-c2ccccc21. The van der Waals surface area contributed by atoms with Gasteiger partial charge >= 0.3 is 12.2 Å². The Kier molecular flexibility index (Phi) is 27.8. The number of carbonyl (C=O) groups excluding carboxylic acids is 2. The van der Waals surface area contributed by atoms with E-state index in [2.05, 4.69) is 26.0 Å². The molecule has 0 aromatic heterocycles. The number of anilines is 2. The standard InChI is InChI=1S/C63H92N2O4/c1-3-5-7-9-11-13-15-17-19-21-23-25-27-29-31-33-43-54-45-35-41-51-60(54)68-62(66)64-53-65(59-50-40-38-48-57(59)56-47-37-39-49-58(56)64)63(67)69-61-52-42-36-46-55(61)44-34-32-30-28-26-24-22-20-18-16-14-12-10-8-6-4-2/h35-42,45-52H,3-34,43-44,53H2,1-2H3. The molecule has 0 saturated heterocycles. The Morgan fingerprint density at radius 1 is 0.348 bits per heavy atom. The summed E-state index contributed by atoms with van der Waals surface area (Å²) in [6.45, 7) is 4.51. The maximum atomic E-state index is 14.4. The maximum absolute atomic E-state index is 14.4. The van der Waals surface area contributed by atoms with Gasteiger partial charge in [0.05, 0.1) is 11.4 Å². The van der Waals surface area contributed by atoms with E-state index in [1.54, 1.807) is 9.80 Å². The van der Waals surface area contributed by atoms with Gasteiger partial charge in [-0.3, -0.25) is 9.80 Å². The third-order valence-corrected chi connectivity index (χ3v) is 14.3. The molecule has 0 aliphatic carbocycles. The van der Waals surface area contributed by atoms with Crippen molar-refractivity contribution >= 4 is 23.6 Å². The smallest absolute Gasteiger partial charge is 0.410 e. The number of hydrogen-bond donors (Lipinski definition) is 0. The number of ether oxygens (including phenoxy) is 2. The van der Waals surface area contributed by atoms with Gasteiger partial charge in [-0.1, -0.05) is 279 Å². The van der Waals surface area contributed by atoms with Crippen LogP contribution in [0.2, 0.25) is 0 Å². The van der Waals surface area contributed by atoms with Gasteiger partial charge in [-0.2, -0.15) is 0 Å².